The van der Waals surface area contributed by atoms with E-state index in [0.717, 1.165) is 26.5 Å². The van der Waals surface area contributed by atoms with Gasteiger partial charge < -0.3 is 10.6 Å². The molecule has 0 aliphatic rings. The smallest absolute Gasteiger partial charge is 0.234 e. The van der Waals surface area contributed by atoms with Gasteiger partial charge in [-0.2, -0.15) is 0 Å². The molecule has 4 aromatic rings. The average Bonchev–Trinajstić information content (AvgIpc) is 3.20. The fraction of sp³-hybridized carbons (Fsp3) is 0.0870. The van der Waals surface area contributed by atoms with Gasteiger partial charge in [-0.05, 0) is 23.6 Å². The van der Waals surface area contributed by atoms with Crippen LogP contribution in [0.4, 0.5) is 11.4 Å². The summed E-state index contributed by atoms with van der Waals surface area (Å²) in [6, 6.07) is 23.1. The van der Waals surface area contributed by atoms with Crippen molar-refractivity contribution in [1.82, 2.24) is 4.98 Å². The Hall–Kier alpha value is -3.16. The topological polar surface area (TPSA) is 71.1 Å². The van der Waals surface area contributed by atoms with Gasteiger partial charge in [-0.1, -0.05) is 66.4 Å². The van der Waals surface area contributed by atoms with Crippen molar-refractivity contribution in [3.63, 3.8) is 0 Å². The van der Waals surface area contributed by atoms with Gasteiger partial charge in [-0.3, -0.25) is 9.59 Å². The minimum atomic E-state index is -0.114. The molecule has 2 N–H and O–H groups in total. The molecule has 2 amide bonds. The summed E-state index contributed by atoms with van der Waals surface area (Å²) in [5, 5.41) is 9.78. The van der Waals surface area contributed by atoms with E-state index >= 15 is 0 Å². The Labute approximate surface area is 182 Å². The molecule has 7 heteroatoms. The first kappa shape index (κ1) is 20.1. The Kier molecular flexibility index (Phi) is 6.41. The number of nitrogens with zero attached hydrogens (tertiary/aromatic N) is 1. The highest BCUT2D eigenvalue weighted by Crippen LogP contribution is 2.25. The van der Waals surface area contributed by atoms with Crippen molar-refractivity contribution in [3.05, 3.63) is 83.9 Å². The third kappa shape index (κ3) is 5.25. The predicted molar refractivity (Wildman–Crippen MR) is 124 cm³/mol. The lowest BCUT2D eigenvalue weighted by Gasteiger charge is -2.08. The monoisotopic (exact) mass is 433 g/mol. The fourth-order valence-electron chi connectivity index (χ4n) is 2.98. The second-order valence-corrected chi connectivity index (χ2v) is 8.64. The molecule has 0 radical (unpaired) electrons. The van der Waals surface area contributed by atoms with Gasteiger partial charge in [0.05, 0.1) is 17.9 Å². The molecule has 0 saturated carbocycles. The number of benzene rings is 3. The molecular formula is C23H19N3O2S2. The highest BCUT2D eigenvalue weighted by atomic mass is 32.2. The van der Waals surface area contributed by atoms with E-state index in [0.29, 0.717) is 5.69 Å². The van der Waals surface area contributed by atoms with Crippen molar-refractivity contribution in [2.24, 2.45) is 0 Å². The Balaban J connectivity index is 1.29. The minimum absolute atomic E-state index is 0.0880. The van der Waals surface area contributed by atoms with Gasteiger partial charge in [0.15, 0.2) is 4.34 Å². The lowest BCUT2D eigenvalue weighted by molar-refractivity contribution is -0.116. The fourth-order valence-corrected chi connectivity index (χ4v) is 4.62. The largest absolute Gasteiger partial charge is 0.326 e. The number of para-hydroxylation sites is 1. The van der Waals surface area contributed by atoms with E-state index in [4.69, 9.17) is 0 Å². The molecular weight excluding hydrogens is 414 g/mol. The average molecular weight is 434 g/mol. The molecule has 0 atom stereocenters. The Morgan fingerprint density at radius 2 is 1.63 bits per heavy atom. The third-order valence-corrected chi connectivity index (χ3v) is 6.39. The van der Waals surface area contributed by atoms with Crippen molar-refractivity contribution in [2.75, 3.05) is 16.4 Å². The van der Waals surface area contributed by atoms with Crippen LogP contribution in [-0.4, -0.2) is 22.6 Å². The minimum Gasteiger partial charge on any atom is -0.326 e. The van der Waals surface area contributed by atoms with Gasteiger partial charge in [-0.25, -0.2) is 4.98 Å². The molecule has 1 heterocycles. The van der Waals surface area contributed by atoms with Crippen LogP contribution in [0.1, 0.15) is 5.69 Å². The van der Waals surface area contributed by atoms with Crippen LogP contribution in [0, 0.1) is 0 Å². The van der Waals surface area contributed by atoms with Gasteiger partial charge >= 0.3 is 0 Å². The van der Waals surface area contributed by atoms with E-state index in [-0.39, 0.29) is 24.0 Å². The third-order valence-electron chi connectivity index (χ3n) is 4.32. The molecule has 150 valence electrons. The molecule has 4 rings (SSSR count). The van der Waals surface area contributed by atoms with Gasteiger partial charge in [-0.15, -0.1) is 11.3 Å². The highest BCUT2D eigenvalue weighted by Gasteiger charge is 2.11. The van der Waals surface area contributed by atoms with Gasteiger partial charge in [0.25, 0.3) is 0 Å². The summed E-state index contributed by atoms with van der Waals surface area (Å²) >= 11 is 2.81. The number of hydrogen-bond acceptors (Lipinski definition) is 5. The maximum atomic E-state index is 12.4. The number of thioether (sulfide) groups is 1. The van der Waals surface area contributed by atoms with E-state index in [9.17, 15) is 9.59 Å². The first-order valence-electron chi connectivity index (χ1n) is 9.37. The summed E-state index contributed by atoms with van der Waals surface area (Å²) in [6.07, 6.45) is 0.203. The van der Waals surface area contributed by atoms with Crippen LogP contribution in [0.3, 0.4) is 0 Å². The van der Waals surface area contributed by atoms with Crippen LogP contribution >= 0.6 is 23.1 Å². The zero-order valence-corrected chi connectivity index (χ0v) is 17.6. The molecule has 0 aliphatic heterocycles. The molecule has 5 nitrogen and oxygen atoms in total. The lowest BCUT2D eigenvalue weighted by Crippen LogP contribution is -2.15. The zero-order valence-electron chi connectivity index (χ0n) is 16.0. The highest BCUT2D eigenvalue weighted by molar-refractivity contribution is 8.01. The molecule has 0 fully saturated rings. The molecule has 0 saturated heterocycles. The number of aromatic nitrogens is 1. The number of anilines is 2. The predicted octanol–water partition coefficient (Wildman–Crippen LogP) is 5.21. The first-order valence-corrected chi connectivity index (χ1v) is 11.2. The number of amides is 2. The van der Waals surface area contributed by atoms with Crippen LogP contribution < -0.4 is 10.6 Å². The number of fused-ring (bicyclic) bond motifs is 1. The number of carbonyl (C=O) groups excluding carboxylic acids is 2. The molecule has 0 bridgehead atoms. The van der Waals surface area contributed by atoms with E-state index in [1.54, 1.807) is 0 Å². The summed E-state index contributed by atoms with van der Waals surface area (Å²) in [5.74, 6) is 0.0542. The van der Waals surface area contributed by atoms with E-state index in [1.165, 1.54) is 23.1 Å². The van der Waals surface area contributed by atoms with Crippen molar-refractivity contribution in [2.45, 2.75) is 10.8 Å². The SMILES string of the molecule is O=C(Cc1csc(SCC(=O)Nc2cccc3ccccc23)n1)Nc1ccccc1. The van der Waals surface area contributed by atoms with E-state index in [1.807, 2.05) is 78.2 Å². The molecule has 0 spiro atoms. The van der Waals surface area contributed by atoms with Crippen molar-refractivity contribution < 1.29 is 9.59 Å². The second-order valence-electron chi connectivity index (χ2n) is 6.56. The van der Waals surface area contributed by atoms with Crippen molar-refractivity contribution in [1.29, 1.82) is 0 Å². The Bertz CT molecular complexity index is 1170. The van der Waals surface area contributed by atoms with Crippen LogP contribution in [0.2, 0.25) is 0 Å². The van der Waals surface area contributed by atoms with E-state index in [2.05, 4.69) is 15.6 Å². The van der Waals surface area contributed by atoms with Gasteiger partial charge in [0.1, 0.15) is 0 Å². The van der Waals surface area contributed by atoms with Gasteiger partial charge in [0, 0.05) is 22.1 Å². The zero-order chi connectivity index (χ0) is 20.8. The van der Waals surface area contributed by atoms with Crippen LogP contribution in [0.5, 0.6) is 0 Å². The number of thiazole rings is 1. The quantitative estimate of drug-likeness (QED) is 0.393. The maximum absolute atomic E-state index is 12.4. The molecule has 1 aromatic heterocycles. The summed E-state index contributed by atoms with van der Waals surface area (Å²) in [4.78, 5) is 29.0. The number of nitrogens with one attached hydrogen (secondary N) is 2. The molecule has 30 heavy (non-hydrogen) atoms. The maximum Gasteiger partial charge on any atom is 0.234 e. The van der Waals surface area contributed by atoms with Gasteiger partial charge in [0.2, 0.25) is 11.8 Å². The molecule has 0 aliphatic carbocycles. The van der Waals surface area contributed by atoms with Crippen molar-refractivity contribution in [3.8, 4) is 0 Å². The first-order chi connectivity index (χ1) is 14.7. The molecule has 3 aromatic carbocycles. The second kappa shape index (κ2) is 9.56. The van der Waals surface area contributed by atoms with Crippen LogP contribution in [0.25, 0.3) is 10.8 Å². The summed E-state index contributed by atoms with van der Waals surface area (Å²) in [6.45, 7) is 0. The van der Waals surface area contributed by atoms with Crippen LogP contribution in [-0.2, 0) is 16.0 Å². The summed E-state index contributed by atoms with van der Waals surface area (Å²) < 4.78 is 0.769. The lowest BCUT2D eigenvalue weighted by atomic mass is 10.1. The van der Waals surface area contributed by atoms with Crippen molar-refractivity contribution >= 4 is 57.1 Å². The normalized spacial score (nSPS) is 10.7. The van der Waals surface area contributed by atoms with Crippen LogP contribution in [0.15, 0.2) is 82.5 Å². The van der Waals surface area contributed by atoms with E-state index < -0.39 is 0 Å². The number of hydrogen-bond donors (Lipinski definition) is 2. The standard InChI is InChI=1S/C23H19N3O2S2/c27-21(24-17-9-2-1-3-10-17)13-18-14-29-23(25-18)30-15-22(28)26-20-12-6-8-16-7-4-5-11-19(16)20/h1-12,14H,13,15H2,(H,24,27)(H,26,28). The summed E-state index contributed by atoms with van der Waals surface area (Å²) in [7, 11) is 0. The Morgan fingerprint density at radius 1 is 0.867 bits per heavy atom. The number of rotatable bonds is 7. The number of carbonyl (C=O) groups is 2. The molecule has 0 unspecified atom stereocenters. The summed E-state index contributed by atoms with van der Waals surface area (Å²) in [5.41, 5.74) is 2.26. The Morgan fingerprint density at radius 3 is 2.50 bits per heavy atom.